The fraction of sp³-hybridized carbons (Fsp3) is 0.576. The molecule has 50 heavy (non-hydrogen) atoms. The predicted molar refractivity (Wildman–Crippen MR) is 166 cm³/mol. The van der Waals surface area contributed by atoms with Gasteiger partial charge in [0.1, 0.15) is 29.1 Å². The summed E-state index contributed by atoms with van der Waals surface area (Å²) in [6.45, 7) is 8.47. The van der Waals surface area contributed by atoms with Gasteiger partial charge < -0.3 is 19.5 Å². The highest BCUT2D eigenvalue weighted by molar-refractivity contribution is 5.84. The quantitative estimate of drug-likeness (QED) is 0.126. The van der Waals surface area contributed by atoms with Crippen molar-refractivity contribution in [2.24, 2.45) is 0 Å². The van der Waals surface area contributed by atoms with Crippen molar-refractivity contribution in [2.75, 3.05) is 19.8 Å². The summed E-state index contributed by atoms with van der Waals surface area (Å²) in [5, 5.41) is 2.66. The first-order chi connectivity index (χ1) is 23.1. The lowest BCUT2D eigenvalue weighted by molar-refractivity contribution is -0.879. The number of alkyl halides is 4. The summed E-state index contributed by atoms with van der Waals surface area (Å²) >= 11 is 0. The van der Waals surface area contributed by atoms with E-state index in [1.54, 1.807) is 41.5 Å². The molecule has 4 rings (SSSR count). The number of amides is 3. The number of esters is 1. The molecule has 0 aromatic carbocycles. The van der Waals surface area contributed by atoms with E-state index in [2.05, 4.69) is 15.3 Å². The number of ether oxygens (including phenoxy) is 3. The highest BCUT2D eigenvalue weighted by Gasteiger charge is 2.56. The first-order valence-electron chi connectivity index (χ1n) is 16.0. The SMILES string of the molecule is CC(C)(C)OC(=O)N1C[C@H](F)C[C@H]1C(=O)OC[N+]1(C(=O)OC(C)(C)C)CCC[C@H]1C(=O)NCc1cc(F)nc(-c2ccc(C(F)(F)F)nc2)c1. The van der Waals surface area contributed by atoms with Crippen molar-refractivity contribution in [3.63, 3.8) is 0 Å². The van der Waals surface area contributed by atoms with Crippen LogP contribution in [0.15, 0.2) is 30.5 Å². The number of carbonyl (C=O) groups excluding carboxylic acids is 4. The van der Waals surface area contributed by atoms with Crippen LogP contribution in [0.1, 0.15) is 72.1 Å². The second-order valence-corrected chi connectivity index (χ2v) is 14.3. The Morgan fingerprint density at radius 3 is 2.30 bits per heavy atom. The van der Waals surface area contributed by atoms with Gasteiger partial charge in [0.05, 0.1) is 18.8 Å². The van der Waals surface area contributed by atoms with Crippen LogP contribution in [0.4, 0.5) is 31.5 Å². The number of hydrogen-bond donors (Lipinski definition) is 1. The zero-order chi connectivity index (χ0) is 37.2. The van der Waals surface area contributed by atoms with Crippen molar-refractivity contribution < 1.29 is 59.8 Å². The molecule has 17 heteroatoms. The summed E-state index contributed by atoms with van der Waals surface area (Å²) in [5.74, 6) is -2.60. The van der Waals surface area contributed by atoms with Gasteiger partial charge in [-0.2, -0.15) is 26.8 Å². The van der Waals surface area contributed by atoms with Gasteiger partial charge in [-0.1, -0.05) is 0 Å². The molecule has 274 valence electrons. The molecule has 2 aromatic heterocycles. The molecule has 0 radical (unpaired) electrons. The Balaban J connectivity index is 1.52. The molecule has 2 fully saturated rings. The smallest absolute Gasteiger partial charge is 0.444 e. The Kier molecular flexibility index (Phi) is 11.1. The van der Waals surface area contributed by atoms with Crippen LogP contribution in [0.25, 0.3) is 11.3 Å². The number of quaternary nitrogens is 1. The summed E-state index contributed by atoms with van der Waals surface area (Å²) in [7, 11) is 0. The van der Waals surface area contributed by atoms with Crippen LogP contribution >= 0.6 is 0 Å². The van der Waals surface area contributed by atoms with Crippen molar-refractivity contribution in [1.29, 1.82) is 0 Å². The topological polar surface area (TPSA) is 137 Å². The minimum Gasteiger partial charge on any atom is -0.444 e. The second kappa shape index (κ2) is 14.4. The number of hydrogen-bond acceptors (Lipinski definition) is 9. The fourth-order valence-corrected chi connectivity index (χ4v) is 5.73. The Bertz CT molecular complexity index is 1590. The highest BCUT2D eigenvalue weighted by atomic mass is 19.4. The summed E-state index contributed by atoms with van der Waals surface area (Å²) in [5.41, 5.74) is -2.74. The zero-order valence-corrected chi connectivity index (χ0v) is 28.6. The predicted octanol–water partition coefficient (Wildman–Crippen LogP) is 5.68. The normalized spacial score (nSPS) is 22.6. The van der Waals surface area contributed by atoms with Gasteiger partial charge in [-0.25, -0.2) is 19.0 Å². The number of nitrogens with zero attached hydrogens (tertiary/aromatic N) is 4. The standard InChI is InChI=1S/C33H40F5N5O7/c1-31(2,3)49-29(46)42-17-21(34)14-23(42)28(45)48-18-43(30(47)50-32(4,5)6)11-7-8-24(43)27(44)40-15-19-12-22(41-26(35)13-19)20-9-10-25(39-16-20)33(36,37)38/h9-10,12-13,16,21,23-24H,7-8,11,14-15,17-18H2,1-6H3/p+1/t21-,23+,24+,43?/m1/s1. The molecule has 2 saturated heterocycles. The van der Waals surface area contributed by atoms with Gasteiger partial charge in [-0.15, -0.1) is 0 Å². The summed E-state index contributed by atoms with van der Waals surface area (Å²) in [6.07, 6.45) is -6.85. The molecule has 2 aliphatic heterocycles. The van der Waals surface area contributed by atoms with Crippen LogP contribution in [0.2, 0.25) is 0 Å². The second-order valence-electron chi connectivity index (χ2n) is 14.3. The molecular weight excluding hydrogens is 673 g/mol. The van der Waals surface area contributed by atoms with Gasteiger partial charge in [-0.3, -0.25) is 14.7 Å². The minimum absolute atomic E-state index is 0.0232. The van der Waals surface area contributed by atoms with Gasteiger partial charge >= 0.3 is 24.3 Å². The van der Waals surface area contributed by atoms with Crippen LogP contribution in [-0.4, -0.2) is 92.7 Å². The average Bonchev–Trinajstić information content (AvgIpc) is 3.61. The van der Waals surface area contributed by atoms with E-state index in [1.165, 1.54) is 6.07 Å². The number of likely N-dealkylation sites (tertiary alicyclic amines) is 2. The number of rotatable bonds is 7. The van der Waals surface area contributed by atoms with E-state index in [-0.39, 0.29) is 42.8 Å². The third-order valence-corrected chi connectivity index (χ3v) is 7.95. The lowest BCUT2D eigenvalue weighted by Gasteiger charge is -2.36. The highest BCUT2D eigenvalue weighted by Crippen LogP contribution is 2.33. The molecule has 1 unspecified atom stereocenters. The number of carbonyl (C=O) groups is 4. The van der Waals surface area contributed by atoms with Gasteiger partial charge in [0.15, 0.2) is 6.04 Å². The molecule has 0 bridgehead atoms. The van der Waals surface area contributed by atoms with Crippen LogP contribution in [0, 0.1) is 5.95 Å². The maximum Gasteiger partial charge on any atom is 0.520 e. The van der Waals surface area contributed by atoms with Gasteiger partial charge in [0.25, 0.3) is 5.91 Å². The Labute approximate surface area is 285 Å². The first-order valence-corrected chi connectivity index (χ1v) is 16.0. The van der Waals surface area contributed by atoms with Crippen molar-refractivity contribution in [3.8, 4) is 11.3 Å². The zero-order valence-electron chi connectivity index (χ0n) is 28.6. The monoisotopic (exact) mass is 714 g/mol. The van der Waals surface area contributed by atoms with E-state index in [0.717, 1.165) is 29.3 Å². The summed E-state index contributed by atoms with van der Waals surface area (Å²) in [6, 6.07) is 1.78. The van der Waals surface area contributed by atoms with E-state index in [0.29, 0.717) is 6.42 Å². The van der Waals surface area contributed by atoms with E-state index < -0.39 is 89.1 Å². The van der Waals surface area contributed by atoms with Gasteiger partial charge in [0, 0.05) is 37.6 Å². The van der Waals surface area contributed by atoms with E-state index >= 15 is 0 Å². The molecule has 0 saturated carbocycles. The number of pyridine rings is 2. The molecule has 3 amide bonds. The van der Waals surface area contributed by atoms with E-state index in [4.69, 9.17) is 14.2 Å². The van der Waals surface area contributed by atoms with Crippen molar-refractivity contribution in [2.45, 2.75) is 103 Å². The van der Waals surface area contributed by atoms with Crippen molar-refractivity contribution in [3.05, 3.63) is 47.7 Å². The van der Waals surface area contributed by atoms with Crippen molar-refractivity contribution in [1.82, 2.24) is 20.2 Å². The van der Waals surface area contributed by atoms with Crippen LogP contribution in [0.3, 0.4) is 0 Å². The first kappa shape index (κ1) is 38.4. The molecule has 2 aliphatic rings. The fourth-order valence-electron chi connectivity index (χ4n) is 5.73. The van der Waals surface area contributed by atoms with E-state index in [1.807, 2.05) is 0 Å². The number of nitrogens with one attached hydrogen (secondary N) is 1. The molecule has 0 aliphatic carbocycles. The molecular formula is C33H41F5N5O7+. The molecule has 1 N–H and O–H groups in total. The van der Waals surface area contributed by atoms with Crippen LogP contribution in [0.5, 0.6) is 0 Å². The Morgan fingerprint density at radius 1 is 1.02 bits per heavy atom. The molecule has 2 aromatic rings. The van der Waals surface area contributed by atoms with E-state index in [9.17, 15) is 41.1 Å². The maximum absolute atomic E-state index is 14.5. The third-order valence-electron chi connectivity index (χ3n) is 7.95. The third kappa shape index (κ3) is 9.43. The van der Waals surface area contributed by atoms with Crippen LogP contribution < -0.4 is 5.32 Å². The summed E-state index contributed by atoms with van der Waals surface area (Å²) in [4.78, 5) is 61.5. The lowest BCUT2D eigenvalue weighted by atomic mass is 10.1. The summed E-state index contributed by atoms with van der Waals surface area (Å²) < 4.78 is 83.5. The Morgan fingerprint density at radius 2 is 1.70 bits per heavy atom. The van der Waals surface area contributed by atoms with Crippen molar-refractivity contribution >= 4 is 24.1 Å². The minimum atomic E-state index is -4.66. The van der Waals surface area contributed by atoms with Gasteiger partial charge in [-0.05, 0) is 71.4 Å². The maximum atomic E-state index is 14.5. The largest absolute Gasteiger partial charge is 0.520 e. The molecule has 0 spiro atoms. The van der Waals surface area contributed by atoms with Crippen LogP contribution in [-0.2, 0) is 36.5 Å². The average molecular weight is 715 g/mol. The van der Waals surface area contributed by atoms with Gasteiger partial charge in [0.2, 0.25) is 12.7 Å². The molecule has 12 nitrogen and oxygen atoms in total. The number of aromatic nitrogens is 2. The molecule has 4 atom stereocenters. The molecule has 4 heterocycles. The Hall–Kier alpha value is -4.41. The number of halogens is 5. The lowest BCUT2D eigenvalue weighted by Crippen LogP contribution is -2.63.